The smallest absolute Gasteiger partial charge is 0.134 e. The zero-order valence-electron chi connectivity index (χ0n) is 10.8. The Balaban J connectivity index is 2.14. The molecule has 0 radical (unpaired) electrons. The van der Waals surface area contributed by atoms with E-state index in [1.165, 1.54) is 42.4 Å². The van der Waals surface area contributed by atoms with Crippen LogP contribution < -0.4 is 0 Å². The average molecular weight is 305 g/mol. The van der Waals surface area contributed by atoms with E-state index in [0.29, 0.717) is 5.41 Å². The van der Waals surface area contributed by atoms with Gasteiger partial charge in [0.2, 0.25) is 0 Å². The van der Waals surface area contributed by atoms with Crippen LogP contribution in [0, 0.1) is 0 Å². The predicted molar refractivity (Wildman–Crippen MR) is 77.1 cm³/mol. The molecule has 1 nitrogen and oxygen atoms in total. The minimum atomic E-state index is 0.276. The summed E-state index contributed by atoms with van der Waals surface area (Å²) in [5, 5.41) is 1.33. The lowest BCUT2D eigenvalue weighted by atomic mass is 9.54. The van der Waals surface area contributed by atoms with Gasteiger partial charge in [-0.15, -0.1) is 0 Å². The molecule has 1 heterocycles. The van der Waals surface area contributed by atoms with Crippen LogP contribution in [-0.2, 0) is 10.8 Å². The summed E-state index contributed by atoms with van der Waals surface area (Å²) in [6, 6.07) is 6.40. The number of furan rings is 1. The SMILES string of the molecule is CC12CCC(C)(CC1)c1c2oc2ccc(Br)cc12. The average Bonchev–Trinajstić information content (AvgIpc) is 2.73. The zero-order valence-corrected chi connectivity index (χ0v) is 12.4. The predicted octanol–water partition coefficient (Wildman–Crippen LogP) is 5.30. The first kappa shape index (κ1) is 11.1. The fourth-order valence-corrected chi connectivity index (χ4v) is 4.29. The molecule has 0 amide bonds. The van der Waals surface area contributed by atoms with Crippen LogP contribution in [0.3, 0.4) is 0 Å². The summed E-state index contributed by atoms with van der Waals surface area (Å²) in [6.07, 6.45) is 5.16. The third-order valence-corrected chi connectivity index (χ3v) is 5.75. The highest BCUT2D eigenvalue weighted by Crippen LogP contribution is 2.58. The van der Waals surface area contributed by atoms with Crippen LogP contribution in [0.5, 0.6) is 0 Å². The molecule has 1 fully saturated rings. The Kier molecular flexibility index (Phi) is 1.98. The summed E-state index contributed by atoms with van der Waals surface area (Å²) < 4.78 is 7.37. The van der Waals surface area contributed by atoms with Crippen molar-refractivity contribution in [3.05, 3.63) is 34.0 Å². The van der Waals surface area contributed by atoms with Crippen LogP contribution in [0.1, 0.15) is 50.9 Å². The second-order valence-electron chi connectivity index (χ2n) is 6.57. The number of hydrogen-bond donors (Lipinski definition) is 0. The quantitative estimate of drug-likeness (QED) is 0.644. The third-order valence-electron chi connectivity index (χ3n) is 5.26. The fraction of sp³-hybridized carbons (Fsp3) is 0.500. The molecule has 0 atom stereocenters. The van der Waals surface area contributed by atoms with E-state index in [1.54, 1.807) is 0 Å². The van der Waals surface area contributed by atoms with Crippen molar-refractivity contribution in [3.63, 3.8) is 0 Å². The van der Waals surface area contributed by atoms with Crippen LogP contribution in [0.2, 0.25) is 0 Å². The lowest BCUT2D eigenvalue weighted by Gasteiger charge is -2.49. The van der Waals surface area contributed by atoms with E-state index in [4.69, 9.17) is 4.42 Å². The summed E-state index contributed by atoms with van der Waals surface area (Å²) in [6.45, 7) is 4.79. The number of fused-ring (bicyclic) bond motifs is 3. The van der Waals surface area contributed by atoms with Gasteiger partial charge in [0.25, 0.3) is 0 Å². The van der Waals surface area contributed by atoms with Crippen LogP contribution >= 0.6 is 15.9 Å². The first-order chi connectivity index (χ1) is 8.52. The van der Waals surface area contributed by atoms with E-state index in [2.05, 4.69) is 48.0 Å². The maximum absolute atomic E-state index is 6.23. The largest absolute Gasteiger partial charge is 0.460 e. The molecular formula is C16H17BrO. The highest BCUT2D eigenvalue weighted by atomic mass is 79.9. The topological polar surface area (TPSA) is 13.1 Å². The number of hydrogen-bond acceptors (Lipinski definition) is 1. The van der Waals surface area contributed by atoms with Crippen LogP contribution in [0.25, 0.3) is 11.0 Å². The number of benzene rings is 1. The van der Waals surface area contributed by atoms with E-state index >= 15 is 0 Å². The molecule has 0 spiro atoms. The van der Waals surface area contributed by atoms with Gasteiger partial charge < -0.3 is 4.42 Å². The normalized spacial score (nSPS) is 33.9. The molecule has 2 aromatic rings. The second kappa shape index (κ2) is 3.22. The van der Waals surface area contributed by atoms with Gasteiger partial charge in [-0.1, -0.05) is 29.8 Å². The van der Waals surface area contributed by atoms with Crippen molar-refractivity contribution in [2.24, 2.45) is 0 Å². The highest BCUT2D eigenvalue weighted by Gasteiger charge is 2.51. The first-order valence-corrected chi connectivity index (χ1v) is 7.54. The molecule has 0 unspecified atom stereocenters. The summed E-state index contributed by atoms with van der Waals surface area (Å²) >= 11 is 3.59. The molecule has 3 aliphatic rings. The summed E-state index contributed by atoms with van der Waals surface area (Å²) in [7, 11) is 0. The molecule has 18 heavy (non-hydrogen) atoms. The molecule has 0 aliphatic heterocycles. The van der Waals surface area contributed by atoms with E-state index in [0.717, 1.165) is 10.1 Å². The number of halogens is 1. The van der Waals surface area contributed by atoms with E-state index in [1.807, 2.05) is 0 Å². The highest BCUT2D eigenvalue weighted by molar-refractivity contribution is 9.10. The van der Waals surface area contributed by atoms with Crippen molar-refractivity contribution in [1.82, 2.24) is 0 Å². The minimum Gasteiger partial charge on any atom is -0.460 e. The summed E-state index contributed by atoms with van der Waals surface area (Å²) in [5.74, 6) is 1.27. The minimum absolute atomic E-state index is 0.276. The Morgan fingerprint density at radius 3 is 2.44 bits per heavy atom. The first-order valence-electron chi connectivity index (χ1n) is 6.75. The fourth-order valence-electron chi connectivity index (χ4n) is 3.92. The van der Waals surface area contributed by atoms with Gasteiger partial charge in [-0.2, -0.15) is 0 Å². The Bertz CT molecular complexity index is 644. The lowest BCUT2D eigenvalue weighted by molar-refractivity contribution is 0.161. The van der Waals surface area contributed by atoms with Gasteiger partial charge in [-0.05, 0) is 49.3 Å². The molecule has 3 aliphatic carbocycles. The molecule has 2 heteroatoms. The molecule has 0 N–H and O–H groups in total. The van der Waals surface area contributed by atoms with Crippen molar-refractivity contribution < 1.29 is 4.42 Å². The zero-order chi connectivity index (χ0) is 12.5. The monoisotopic (exact) mass is 304 g/mol. The van der Waals surface area contributed by atoms with E-state index < -0.39 is 0 Å². The van der Waals surface area contributed by atoms with Gasteiger partial charge in [0.15, 0.2) is 0 Å². The molecule has 94 valence electrons. The van der Waals surface area contributed by atoms with Crippen molar-refractivity contribution >= 4 is 26.9 Å². The Hall–Kier alpha value is -0.760. The van der Waals surface area contributed by atoms with Crippen molar-refractivity contribution in [1.29, 1.82) is 0 Å². The standard InChI is InChI=1S/C16H17BrO/c1-15-5-7-16(2,8-6-15)14-13(15)11-9-10(17)3-4-12(11)18-14/h3-4,9H,5-8H2,1-2H3. The van der Waals surface area contributed by atoms with Crippen LogP contribution in [-0.4, -0.2) is 0 Å². The maximum atomic E-state index is 6.23. The van der Waals surface area contributed by atoms with E-state index in [9.17, 15) is 0 Å². The molecule has 2 bridgehead atoms. The van der Waals surface area contributed by atoms with Crippen molar-refractivity contribution in [2.45, 2.75) is 50.4 Å². The third kappa shape index (κ3) is 1.22. The van der Waals surface area contributed by atoms with E-state index in [-0.39, 0.29) is 5.41 Å². The molecule has 1 aromatic heterocycles. The molecule has 1 aromatic carbocycles. The summed E-state index contributed by atoms with van der Waals surface area (Å²) in [5.41, 5.74) is 3.17. The molecular weight excluding hydrogens is 288 g/mol. The lowest BCUT2D eigenvalue weighted by Crippen LogP contribution is -2.43. The Morgan fingerprint density at radius 2 is 1.72 bits per heavy atom. The maximum Gasteiger partial charge on any atom is 0.134 e. The van der Waals surface area contributed by atoms with Gasteiger partial charge in [-0.25, -0.2) is 0 Å². The van der Waals surface area contributed by atoms with Gasteiger partial charge in [0, 0.05) is 20.8 Å². The Morgan fingerprint density at radius 1 is 1.06 bits per heavy atom. The van der Waals surface area contributed by atoms with Crippen LogP contribution in [0.15, 0.2) is 27.1 Å². The van der Waals surface area contributed by atoms with Gasteiger partial charge >= 0.3 is 0 Å². The Labute approximate surface area is 116 Å². The van der Waals surface area contributed by atoms with Crippen molar-refractivity contribution in [3.8, 4) is 0 Å². The molecule has 0 saturated heterocycles. The number of rotatable bonds is 0. The van der Waals surface area contributed by atoms with Crippen LogP contribution in [0.4, 0.5) is 0 Å². The van der Waals surface area contributed by atoms with Crippen molar-refractivity contribution in [2.75, 3.05) is 0 Å². The molecule has 1 saturated carbocycles. The second-order valence-corrected chi connectivity index (χ2v) is 7.48. The summed E-state index contributed by atoms with van der Waals surface area (Å²) in [4.78, 5) is 0. The molecule has 5 rings (SSSR count). The van der Waals surface area contributed by atoms with Gasteiger partial charge in [-0.3, -0.25) is 0 Å². The van der Waals surface area contributed by atoms with Gasteiger partial charge in [0.1, 0.15) is 11.3 Å². The van der Waals surface area contributed by atoms with Gasteiger partial charge in [0.05, 0.1) is 0 Å².